The molecule has 0 aliphatic carbocycles. The molecule has 0 radical (unpaired) electrons. The lowest BCUT2D eigenvalue weighted by atomic mass is 10.1. The molecule has 0 rings (SSSR count). The normalized spacial score (nSPS) is 7.61. The summed E-state index contributed by atoms with van der Waals surface area (Å²) in [4.78, 5) is 22.3. The van der Waals surface area contributed by atoms with E-state index in [2.05, 4.69) is 41.0 Å². The number of carbonyl (C=O) groups is 2. The Hall–Kier alpha value is -2.24. The van der Waals surface area contributed by atoms with Crippen molar-refractivity contribution in [2.45, 2.75) is 39.0 Å². The van der Waals surface area contributed by atoms with Gasteiger partial charge in [-0.3, -0.25) is 9.59 Å². The Morgan fingerprint density at radius 2 is 1.83 bits per heavy atom. The molecule has 0 aromatic heterocycles. The Kier molecular flexibility index (Phi) is 9.85. The van der Waals surface area contributed by atoms with Gasteiger partial charge in [0.05, 0.1) is 6.42 Å². The maximum absolute atomic E-state index is 11.3. The van der Waals surface area contributed by atoms with Crippen molar-refractivity contribution in [2.24, 2.45) is 0 Å². The van der Waals surface area contributed by atoms with Crippen molar-refractivity contribution < 1.29 is 9.59 Å². The van der Waals surface area contributed by atoms with Crippen LogP contribution in [0.3, 0.4) is 0 Å². The van der Waals surface area contributed by atoms with Crippen molar-refractivity contribution in [3.8, 4) is 0 Å². The highest BCUT2D eigenvalue weighted by Gasteiger charge is 2.06. The van der Waals surface area contributed by atoms with Crippen LogP contribution in [0.15, 0.2) is 47.0 Å². The summed E-state index contributed by atoms with van der Waals surface area (Å²) < 4.78 is 0. The molecular formula is C16H16O2. The SMILES string of the molecule is C=C=C=C=C=C=C=CCCCC(=O)CC(=O)CC. The third-order valence-corrected chi connectivity index (χ3v) is 2.04. The number of hydrogen-bond acceptors (Lipinski definition) is 2. The van der Waals surface area contributed by atoms with E-state index < -0.39 is 0 Å². The molecule has 0 atom stereocenters. The second-order valence-corrected chi connectivity index (χ2v) is 3.53. The van der Waals surface area contributed by atoms with Gasteiger partial charge in [0.25, 0.3) is 0 Å². The minimum atomic E-state index is 0.00516. The number of unbranched alkanes of at least 4 members (excludes halogenated alkanes) is 1. The molecule has 0 aliphatic heterocycles. The van der Waals surface area contributed by atoms with Crippen molar-refractivity contribution in [1.29, 1.82) is 0 Å². The first kappa shape index (κ1) is 15.8. The summed E-state index contributed by atoms with van der Waals surface area (Å²) in [5.41, 5.74) is 15.3. The molecule has 0 bridgehead atoms. The molecule has 0 aromatic rings. The van der Waals surface area contributed by atoms with Crippen molar-refractivity contribution >= 4 is 11.6 Å². The number of rotatable bonds is 7. The molecule has 0 unspecified atom stereocenters. The largest absolute Gasteiger partial charge is 0.299 e. The molecule has 18 heavy (non-hydrogen) atoms. The van der Waals surface area contributed by atoms with Gasteiger partial charge in [-0.05, 0) is 48.4 Å². The van der Waals surface area contributed by atoms with Gasteiger partial charge in [0.2, 0.25) is 0 Å². The average molecular weight is 240 g/mol. The summed E-state index contributed by atoms with van der Waals surface area (Å²) in [7, 11) is 0. The van der Waals surface area contributed by atoms with Crippen LogP contribution < -0.4 is 0 Å². The van der Waals surface area contributed by atoms with E-state index in [-0.39, 0.29) is 18.0 Å². The van der Waals surface area contributed by atoms with E-state index in [0.29, 0.717) is 12.8 Å². The Balaban J connectivity index is 4.01. The van der Waals surface area contributed by atoms with Crippen LogP contribution in [0.2, 0.25) is 0 Å². The third-order valence-electron chi connectivity index (χ3n) is 2.04. The first-order valence-corrected chi connectivity index (χ1v) is 5.83. The van der Waals surface area contributed by atoms with Crippen LogP contribution in [0.5, 0.6) is 0 Å². The van der Waals surface area contributed by atoms with E-state index in [1.54, 1.807) is 13.0 Å². The van der Waals surface area contributed by atoms with Gasteiger partial charge in [-0.25, -0.2) is 0 Å². The Bertz CT molecular complexity index is 515. The van der Waals surface area contributed by atoms with Gasteiger partial charge in [0, 0.05) is 12.8 Å². The monoisotopic (exact) mass is 240 g/mol. The standard InChI is InChI=1S/C16H16O2/c1-3-5-6-7-8-9-10-11-12-13-16(18)14-15(17)4-2/h10H,1,4,11-14H2,2H3. The minimum Gasteiger partial charge on any atom is -0.299 e. The maximum Gasteiger partial charge on any atom is 0.140 e. The van der Waals surface area contributed by atoms with Crippen molar-refractivity contribution in [1.82, 2.24) is 0 Å². The molecule has 0 aromatic carbocycles. The summed E-state index contributed by atoms with van der Waals surface area (Å²) in [5.74, 6) is 0.0132. The Morgan fingerprint density at radius 3 is 2.50 bits per heavy atom. The lowest BCUT2D eigenvalue weighted by Crippen LogP contribution is -2.05. The summed E-state index contributed by atoms with van der Waals surface area (Å²) in [5, 5.41) is 0. The van der Waals surface area contributed by atoms with Crippen LogP contribution in [0.1, 0.15) is 39.0 Å². The molecule has 0 saturated carbocycles. The van der Waals surface area contributed by atoms with Crippen molar-refractivity contribution in [2.75, 3.05) is 0 Å². The molecule has 2 heteroatoms. The smallest absolute Gasteiger partial charge is 0.140 e. The van der Waals surface area contributed by atoms with E-state index in [1.165, 1.54) is 0 Å². The minimum absolute atomic E-state index is 0.00516. The van der Waals surface area contributed by atoms with E-state index in [4.69, 9.17) is 0 Å². The van der Waals surface area contributed by atoms with Gasteiger partial charge in [-0.2, -0.15) is 0 Å². The van der Waals surface area contributed by atoms with Crippen LogP contribution in [-0.4, -0.2) is 11.6 Å². The van der Waals surface area contributed by atoms with Crippen LogP contribution >= 0.6 is 0 Å². The first-order valence-electron chi connectivity index (χ1n) is 5.83. The maximum atomic E-state index is 11.3. The molecular weight excluding hydrogens is 224 g/mol. The fraction of sp³-hybridized carbons (Fsp3) is 0.375. The molecule has 0 amide bonds. The molecule has 0 saturated heterocycles. The highest BCUT2D eigenvalue weighted by Crippen LogP contribution is 2.01. The quantitative estimate of drug-likeness (QED) is 0.389. The van der Waals surface area contributed by atoms with Gasteiger partial charge in [-0.1, -0.05) is 18.4 Å². The van der Waals surface area contributed by atoms with Crippen LogP contribution in [-0.2, 0) is 9.59 Å². The number of Topliss-reactive ketones (excluding diaryl/α,β-unsaturated/α-hetero) is 2. The van der Waals surface area contributed by atoms with Gasteiger partial charge in [0.1, 0.15) is 11.6 Å². The Labute approximate surface area is 108 Å². The summed E-state index contributed by atoms with van der Waals surface area (Å²) in [6.45, 7) is 5.07. The summed E-state index contributed by atoms with van der Waals surface area (Å²) >= 11 is 0. The molecule has 0 fully saturated rings. The predicted molar refractivity (Wildman–Crippen MR) is 70.0 cm³/mol. The number of carbonyl (C=O) groups excluding carboxylic acids is 2. The summed E-state index contributed by atoms with van der Waals surface area (Å²) in [6.07, 6.45) is 4.14. The lowest BCUT2D eigenvalue weighted by molar-refractivity contribution is -0.126. The fourth-order valence-electron chi connectivity index (χ4n) is 1.10. The van der Waals surface area contributed by atoms with Crippen LogP contribution in [0.4, 0.5) is 0 Å². The Morgan fingerprint density at radius 1 is 1.11 bits per heavy atom. The van der Waals surface area contributed by atoms with Crippen molar-refractivity contribution in [3.05, 3.63) is 47.0 Å². The molecule has 0 aliphatic rings. The fourth-order valence-corrected chi connectivity index (χ4v) is 1.10. The number of hydrogen-bond donors (Lipinski definition) is 0. The predicted octanol–water partition coefficient (Wildman–Crippen LogP) is 3.21. The van der Waals surface area contributed by atoms with Gasteiger partial charge in [-0.15, -0.1) is 0 Å². The van der Waals surface area contributed by atoms with E-state index in [9.17, 15) is 9.59 Å². The molecule has 0 heterocycles. The number of allylic oxidation sites excluding steroid dienone is 1. The average Bonchev–Trinajstić information content (AvgIpc) is 2.36. The lowest BCUT2D eigenvalue weighted by Gasteiger charge is -1.96. The number of ketones is 2. The topological polar surface area (TPSA) is 34.1 Å². The molecule has 0 N–H and O–H groups in total. The van der Waals surface area contributed by atoms with Crippen LogP contribution in [0.25, 0.3) is 0 Å². The molecule has 2 nitrogen and oxygen atoms in total. The van der Waals surface area contributed by atoms with E-state index in [0.717, 1.165) is 12.8 Å². The highest BCUT2D eigenvalue weighted by atomic mass is 16.1. The summed E-state index contributed by atoms with van der Waals surface area (Å²) in [6, 6.07) is 0. The van der Waals surface area contributed by atoms with Gasteiger partial charge in [0.15, 0.2) is 0 Å². The van der Waals surface area contributed by atoms with Crippen LogP contribution in [0, 0.1) is 0 Å². The van der Waals surface area contributed by atoms with Gasteiger partial charge >= 0.3 is 0 Å². The zero-order valence-corrected chi connectivity index (χ0v) is 10.6. The zero-order chi connectivity index (χ0) is 13.6. The van der Waals surface area contributed by atoms with E-state index >= 15 is 0 Å². The second-order valence-electron chi connectivity index (χ2n) is 3.53. The van der Waals surface area contributed by atoms with E-state index in [1.807, 2.05) is 0 Å². The first-order chi connectivity index (χ1) is 8.70. The van der Waals surface area contributed by atoms with Crippen molar-refractivity contribution in [3.63, 3.8) is 0 Å². The second kappa shape index (κ2) is 11.3. The molecule has 92 valence electrons. The molecule has 0 spiro atoms. The highest BCUT2D eigenvalue weighted by molar-refractivity contribution is 5.98. The zero-order valence-electron chi connectivity index (χ0n) is 10.6. The third kappa shape index (κ3) is 10.3. The van der Waals surface area contributed by atoms with Gasteiger partial charge < -0.3 is 0 Å².